The minimum absolute atomic E-state index is 0.197. The van der Waals surface area contributed by atoms with Crippen molar-refractivity contribution in [3.63, 3.8) is 0 Å². The van der Waals surface area contributed by atoms with Gasteiger partial charge in [0.05, 0.1) is 10.7 Å². The Labute approximate surface area is 135 Å². The molecule has 98 valence electrons. The predicted octanol–water partition coefficient (Wildman–Crippen LogP) is 5.16. The molecule has 2 nitrogen and oxygen atoms in total. The quantitative estimate of drug-likeness (QED) is 0.687. The molecule has 0 aliphatic carbocycles. The number of hydrogen-bond donors (Lipinski definition) is 1. The van der Waals surface area contributed by atoms with E-state index in [0.29, 0.717) is 21.3 Å². The number of aryl methyl sites for hydroxylation is 1. The van der Waals surface area contributed by atoms with Gasteiger partial charge in [-0.2, -0.15) is 0 Å². The lowest BCUT2D eigenvalue weighted by Gasteiger charge is -2.09. The predicted molar refractivity (Wildman–Crippen MR) is 88.3 cm³/mol. The molecule has 0 heterocycles. The Morgan fingerprint density at radius 3 is 2.53 bits per heavy atom. The molecule has 0 saturated carbocycles. The molecule has 5 heteroatoms. The highest BCUT2D eigenvalue weighted by atomic mass is 127. The zero-order valence-corrected chi connectivity index (χ0v) is 13.7. The summed E-state index contributed by atoms with van der Waals surface area (Å²) in [5, 5.41) is 3.93. The zero-order chi connectivity index (χ0) is 14.0. The number of hydrogen-bond acceptors (Lipinski definition) is 1. The van der Waals surface area contributed by atoms with Crippen LogP contribution >= 0.6 is 45.8 Å². The lowest BCUT2D eigenvalue weighted by molar-refractivity contribution is 0.102. The van der Waals surface area contributed by atoms with E-state index >= 15 is 0 Å². The molecule has 0 fully saturated rings. The second-order valence-electron chi connectivity index (χ2n) is 4.04. The van der Waals surface area contributed by atoms with Crippen molar-refractivity contribution < 1.29 is 4.79 Å². The topological polar surface area (TPSA) is 29.1 Å². The van der Waals surface area contributed by atoms with E-state index in [2.05, 4.69) is 27.9 Å². The molecule has 1 N–H and O–H groups in total. The Kier molecular flexibility index (Phi) is 4.71. The third-order valence-corrected chi connectivity index (χ3v) is 3.83. The highest BCUT2D eigenvalue weighted by Crippen LogP contribution is 2.25. The fourth-order valence-electron chi connectivity index (χ4n) is 1.66. The van der Waals surface area contributed by atoms with Gasteiger partial charge in [-0.15, -0.1) is 0 Å². The first kappa shape index (κ1) is 14.6. The highest BCUT2D eigenvalue weighted by molar-refractivity contribution is 14.1. The van der Waals surface area contributed by atoms with E-state index < -0.39 is 0 Å². The third-order valence-electron chi connectivity index (χ3n) is 2.61. The zero-order valence-electron chi connectivity index (χ0n) is 10.0. The Hall–Kier alpha value is -0.780. The summed E-state index contributed by atoms with van der Waals surface area (Å²) in [7, 11) is 0. The van der Waals surface area contributed by atoms with Gasteiger partial charge >= 0.3 is 0 Å². The molecule has 2 aromatic rings. The molecule has 0 bridgehead atoms. The lowest BCUT2D eigenvalue weighted by Crippen LogP contribution is -2.13. The number of rotatable bonds is 2. The van der Waals surface area contributed by atoms with Gasteiger partial charge in [0.25, 0.3) is 5.91 Å². The van der Waals surface area contributed by atoms with Crippen molar-refractivity contribution in [1.82, 2.24) is 0 Å². The molecule has 0 aliphatic rings. The fourth-order valence-corrected chi connectivity index (χ4v) is 2.79. The van der Waals surface area contributed by atoms with E-state index in [4.69, 9.17) is 23.2 Å². The summed E-state index contributed by atoms with van der Waals surface area (Å²) in [4.78, 5) is 12.2. The normalized spacial score (nSPS) is 10.3. The van der Waals surface area contributed by atoms with E-state index in [0.717, 1.165) is 9.13 Å². The molecular formula is C14H10Cl2INO. The van der Waals surface area contributed by atoms with Crippen molar-refractivity contribution in [3.8, 4) is 0 Å². The summed E-state index contributed by atoms with van der Waals surface area (Å²) in [6.45, 7) is 1.84. The second kappa shape index (κ2) is 6.11. The van der Waals surface area contributed by atoms with Crippen LogP contribution in [0.5, 0.6) is 0 Å². The van der Waals surface area contributed by atoms with Gasteiger partial charge < -0.3 is 5.32 Å². The van der Waals surface area contributed by atoms with Crippen LogP contribution in [0.1, 0.15) is 15.9 Å². The van der Waals surface area contributed by atoms with E-state index in [1.54, 1.807) is 30.3 Å². The largest absolute Gasteiger partial charge is 0.321 e. The number of nitrogens with one attached hydrogen (secondary N) is 1. The summed E-state index contributed by atoms with van der Waals surface area (Å²) in [6.07, 6.45) is 0. The summed E-state index contributed by atoms with van der Waals surface area (Å²) in [5.74, 6) is -0.197. The van der Waals surface area contributed by atoms with E-state index in [-0.39, 0.29) is 5.91 Å². The summed E-state index contributed by atoms with van der Waals surface area (Å²) >= 11 is 14.1. The van der Waals surface area contributed by atoms with Gasteiger partial charge in [-0.05, 0) is 71.5 Å². The van der Waals surface area contributed by atoms with E-state index in [1.165, 1.54) is 0 Å². The van der Waals surface area contributed by atoms with E-state index in [9.17, 15) is 4.79 Å². The van der Waals surface area contributed by atoms with Crippen LogP contribution in [0.3, 0.4) is 0 Å². The highest BCUT2D eigenvalue weighted by Gasteiger charge is 2.11. The first-order valence-corrected chi connectivity index (χ1v) is 7.33. The maximum atomic E-state index is 12.2. The number of benzene rings is 2. The standard InChI is InChI=1S/C14H10Cl2INO/c1-8-6-9(15)2-4-11(8)14(19)18-13-5-3-10(17)7-12(13)16/h2-7H,1H3,(H,18,19). The molecule has 0 aromatic heterocycles. The number of anilines is 1. The lowest BCUT2D eigenvalue weighted by atomic mass is 10.1. The Morgan fingerprint density at radius 1 is 1.16 bits per heavy atom. The van der Waals surface area contributed by atoms with Crippen molar-refractivity contribution in [1.29, 1.82) is 0 Å². The van der Waals surface area contributed by atoms with Gasteiger partial charge in [0.15, 0.2) is 0 Å². The molecule has 0 radical (unpaired) electrons. The smallest absolute Gasteiger partial charge is 0.255 e. The molecule has 2 rings (SSSR count). The molecule has 2 aromatic carbocycles. The molecule has 19 heavy (non-hydrogen) atoms. The molecule has 0 unspecified atom stereocenters. The number of halogens is 3. The summed E-state index contributed by atoms with van der Waals surface area (Å²) in [5.41, 5.74) is 2.01. The molecule has 0 saturated heterocycles. The molecule has 1 amide bonds. The van der Waals surface area contributed by atoms with Crippen molar-refractivity contribution in [2.24, 2.45) is 0 Å². The minimum atomic E-state index is -0.197. The van der Waals surface area contributed by atoms with Crippen molar-refractivity contribution in [3.05, 3.63) is 61.1 Å². The molecular weight excluding hydrogens is 396 g/mol. The van der Waals surface area contributed by atoms with Crippen molar-refractivity contribution in [2.75, 3.05) is 5.32 Å². The SMILES string of the molecule is Cc1cc(Cl)ccc1C(=O)Nc1ccc(I)cc1Cl. The number of amides is 1. The van der Waals surface area contributed by atoms with Gasteiger partial charge in [-0.3, -0.25) is 4.79 Å². The number of carbonyl (C=O) groups is 1. The fraction of sp³-hybridized carbons (Fsp3) is 0.0714. The average molecular weight is 406 g/mol. The summed E-state index contributed by atoms with van der Waals surface area (Å²) < 4.78 is 1.02. The van der Waals surface area contributed by atoms with Crippen LogP contribution < -0.4 is 5.32 Å². The number of carbonyl (C=O) groups excluding carboxylic acids is 1. The van der Waals surface area contributed by atoms with Gasteiger partial charge in [-0.25, -0.2) is 0 Å². The van der Waals surface area contributed by atoms with Gasteiger partial charge in [0.2, 0.25) is 0 Å². The van der Waals surface area contributed by atoms with Crippen LogP contribution in [0.15, 0.2) is 36.4 Å². The minimum Gasteiger partial charge on any atom is -0.321 e. The molecule has 0 spiro atoms. The molecule has 0 atom stereocenters. The van der Waals surface area contributed by atoms with Crippen molar-refractivity contribution >= 4 is 57.4 Å². The third kappa shape index (κ3) is 3.61. The Balaban J connectivity index is 2.25. The van der Waals surface area contributed by atoms with E-state index in [1.807, 2.05) is 13.0 Å². The Morgan fingerprint density at radius 2 is 1.89 bits per heavy atom. The Bertz CT molecular complexity index is 643. The van der Waals surface area contributed by atoms with Gasteiger partial charge in [0, 0.05) is 14.2 Å². The maximum absolute atomic E-state index is 12.2. The van der Waals surface area contributed by atoms with Crippen LogP contribution in [-0.4, -0.2) is 5.91 Å². The van der Waals surface area contributed by atoms with Crippen molar-refractivity contribution in [2.45, 2.75) is 6.92 Å². The van der Waals surface area contributed by atoms with Crippen LogP contribution in [0.25, 0.3) is 0 Å². The van der Waals surface area contributed by atoms with Crippen LogP contribution in [0.4, 0.5) is 5.69 Å². The first-order chi connectivity index (χ1) is 8.97. The van der Waals surface area contributed by atoms with Crippen LogP contribution in [0.2, 0.25) is 10.0 Å². The second-order valence-corrected chi connectivity index (χ2v) is 6.13. The van der Waals surface area contributed by atoms with Gasteiger partial charge in [0.1, 0.15) is 0 Å². The maximum Gasteiger partial charge on any atom is 0.255 e. The first-order valence-electron chi connectivity index (χ1n) is 5.50. The van der Waals surface area contributed by atoms with Crippen LogP contribution in [-0.2, 0) is 0 Å². The summed E-state index contributed by atoms with van der Waals surface area (Å²) in [6, 6.07) is 10.6. The molecule has 0 aliphatic heterocycles. The van der Waals surface area contributed by atoms with Crippen LogP contribution in [0, 0.1) is 10.5 Å². The monoisotopic (exact) mass is 405 g/mol. The van der Waals surface area contributed by atoms with Gasteiger partial charge in [-0.1, -0.05) is 23.2 Å². The average Bonchev–Trinajstić information content (AvgIpc) is 2.32.